The maximum atomic E-state index is 6.88. The Morgan fingerprint density at radius 1 is 0.971 bits per heavy atom. The number of rotatable bonds is 10. The molecule has 5 atom stereocenters. The monoisotopic (exact) mass is 552 g/mol. The summed E-state index contributed by atoms with van der Waals surface area (Å²) >= 11 is 0.303. The first-order valence-corrected chi connectivity index (χ1v) is 17.0. The molecule has 2 aliphatic heterocycles. The zero-order chi connectivity index (χ0) is 24.7. The Bertz CT molecular complexity index is 760. The Balaban J connectivity index is 1.67. The summed E-state index contributed by atoms with van der Waals surface area (Å²) in [6.07, 6.45) is 7.46. The van der Waals surface area contributed by atoms with Gasteiger partial charge in [-0.05, 0) is 0 Å². The molecule has 1 aromatic carbocycles. The predicted molar refractivity (Wildman–Crippen MR) is 144 cm³/mol. The van der Waals surface area contributed by atoms with Gasteiger partial charge in [-0.15, -0.1) is 0 Å². The van der Waals surface area contributed by atoms with E-state index < -0.39 is 8.32 Å². The van der Waals surface area contributed by atoms with Crippen molar-refractivity contribution in [3.63, 3.8) is 0 Å². The van der Waals surface area contributed by atoms with E-state index in [9.17, 15) is 0 Å². The van der Waals surface area contributed by atoms with Gasteiger partial charge < -0.3 is 0 Å². The third-order valence-corrected chi connectivity index (χ3v) is 15.5. The van der Waals surface area contributed by atoms with E-state index in [1.165, 1.54) is 4.46 Å². The van der Waals surface area contributed by atoms with Crippen LogP contribution in [0.2, 0.25) is 21.9 Å². The first kappa shape index (κ1) is 27.9. The van der Waals surface area contributed by atoms with E-state index in [0.717, 1.165) is 18.2 Å². The fourth-order valence-corrected chi connectivity index (χ4v) is 12.9. The van der Waals surface area contributed by atoms with Crippen LogP contribution in [0.4, 0.5) is 0 Å². The molecule has 6 heteroatoms. The SMILES string of the molecule is C=C[C@@H]1O[C@@H](C[Se]c2ccccc2)O[C@H]2C/C=C\C[C@@H](CO[Si](C(C)C)(C(C)C)C(C)C)O[C@H]12. The van der Waals surface area contributed by atoms with Gasteiger partial charge in [0.25, 0.3) is 0 Å². The summed E-state index contributed by atoms with van der Waals surface area (Å²) in [4.78, 5) is 0. The van der Waals surface area contributed by atoms with Gasteiger partial charge in [-0.3, -0.25) is 0 Å². The molecule has 2 aliphatic rings. The molecule has 1 saturated heterocycles. The normalized spacial score (nSPS) is 29.0. The third-order valence-electron chi connectivity index (χ3n) is 7.20. The Morgan fingerprint density at radius 3 is 2.24 bits per heavy atom. The Labute approximate surface area is 214 Å². The quantitative estimate of drug-likeness (QED) is 0.263. The van der Waals surface area contributed by atoms with E-state index in [4.69, 9.17) is 18.6 Å². The van der Waals surface area contributed by atoms with Crippen LogP contribution < -0.4 is 4.46 Å². The number of fused-ring (bicyclic) bond motifs is 1. The van der Waals surface area contributed by atoms with Crippen LogP contribution in [0.3, 0.4) is 0 Å². The molecule has 0 unspecified atom stereocenters. The molecule has 4 nitrogen and oxygen atoms in total. The van der Waals surface area contributed by atoms with Crippen LogP contribution in [0, 0.1) is 0 Å². The van der Waals surface area contributed by atoms with Gasteiger partial charge in [0.15, 0.2) is 0 Å². The second kappa shape index (κ2) is 13.0. The third kappa shape index (κ3) is 6.73. The number of hydrogen-bond donors (Lipinski definition) is 0. The summed E-state index contributed by atoms with van der Waals surface area (Å²) in [6, 6.07) is 10.6. The molecule has 0 bridgehead atoms. The summed E-state index contributed by atoms with van der Waals surface area (Å²) < 4.78 is 27.7. The van der Waals surface area contributed by atoms with Crippen LogP contribution in [0.15, 0.2) is 55.1 Å². The van der Waals surface area contributed by atoms with Crippen molar-refractivity contribution in [1.82, 2.24) is 0 Å². The maximum absolute atomic E-state index is 6.88. The first-order chi connectivity index (χ1) is 16.3. The molecule has 1 aromatic rings. The fraction of sp³-hybridized carbons (Fsp3) is 0.643. The van der Waals surface area contributed by atoms with Crippen LogP contribution in [0.5, 0.6) is 0 Å². The van der Waals surface area contributed by atoms with E-state index in [1.54, 1.807) is 0 Å². The van der Waals surface area contributed by atoms with Crippen molar-refractivity contribution in [1.29, 1.82) is 0 Å². The van der Waals surface area contributed by atoms with Gasteiger partial charge in [0.1, 0.15) is 0 Å². The van der Waals surface area contributed by atoms with Crippen LogP contribution in [-0.2, 0) is 18.6 Å². The van der Waals surface area contributed by atoms with E-state index >= 15 is 0 Å². The van der Waals surface area contributed by atoms with E-state index in [2.05, 4.69) is 90.6 Å². The Kier molecular flexibility index (Phi) is 10.7. The molecule has 190 valence electrons. The van der Waals surface area contributed by atoms with Gasteiger partial charge in [-0.2, -0.15) is 0 Å². The molecule has 1 fully saturated rings. The zero-order valence-electron chi connectivity index (χ0n) is 21.8. The molecule has 2 heterocycles. The first-order valence-electron chi connectivity index (χ1n) is 12.8. The van der Waals surface area contributed by atoms with Crippen molar-refractivity contribution in [3.8, 4) is 0 Å². The average Bonchev–Trinajstić information content (AvgIpc) is 2.79. The van der Waals surface area contributed by atoms with Crippen molar-refractivity contribution in [2.75, 3.05) is 6.61 Å². The molecular weight excluding hydrogens is 507 g/mol. The second-order valence-electron chi connectivity index (χ2n) is 10.4. The summed E-state index contributed by atoms with van der Waals surface area (Å²) in [5.74, 6) is 0. The number of ether oxygens (including phenoxy) is 3. The van der Waals surface area contributed by atoms with Crippen LogP contribution in [0.25, 0.3) is 0 Å². The van der Waals surface area contributed by atoms with Gasteiger partial charge in [0.2, 0.25) is 0 Å². The van der Waals surface area contributed by atoms with Gasteiger partial charge in [-0.1, -0.05) is 0 Å². The van der Waals surface area contributed by atoms with Crippen molar-refractivity contribution in [3.05, 3.63) is 55.1 Å². The van der Waals surface area contributed by atoms with Gasteiger partial charge in [-0.25, -0.2) is 0 Å². The molecule has 0 N–H and O–H groups in total. The Hall–Kier alpha value is -0.724. The minimum absolute atomic E-state index is 0.00749. The summed E-state index contributed by atoms with van der Waals surface area (Å²) in [7, 11) is -1.95. The predicted octanol–water partition coefficient (Wildman–Crippen LogP) is 6.03. The van der Waals surface area contributed by atoms with E-state index in [-0.39, 0.29) is 30.7 Å². The molecule has 34 heavy (non-hydrogen) atoms. The molecule has 0 aliphatic carbocycles. The summed E-state index contributed by atoms with van der Waals surface area (Å²) in [6.45, 7) is 18.7. The molecule has 3 rings (SSSR count). The fourth-order valence-electron chi connectivity index (χ4n) is 5.67. The zero-order valence-corrected chi connectivity index (χ0v) is 24.5. The van der Waals surface area contributed by atoms with Crippen LogP contribution in [0.1, 0.15) is 54.4 Å². The minimum atomic E-state index is -1.95. The molecule has 0 aromatic heterocycles. The standard InChI is InChI=1S/C28H44O4SeSi/c1-8-25-28-26(32-27(31-25)19-33-24-15-10-9-11-16-24)17-13-12-14-23(30-28)18-29-34(20(2)3,21(4)5)22(6)7/h8-13,15-16,20-23,25-28H,1,14,17-19H2,2-7H3/b13-12-/t23-,25-,26-,27+,28+/m0/s1. The Morgan fingerprint density at radius 2 is 1.62 bits per heavy atom. The van der Waals surface area contributed by atoms with Crippen molar-refractivity contribution < 1.29 is 18.6 Å². The molecule has 0 saturated carbocycles. The topological polar surface area (TPSA) is 36.9 Å². The second-order valence-corrected chi connectivity index (χ2v) is 18.1. The summed E-state index contributed by atoms with van der Waals surface area (Å²) in [5.41, 5.74) is 1.66. The van der Waals surface area contributed by atoms with Gasteiger partial charge in [0.05, 0.1) is 0 Å². The van der Waals surface area contributed by atoms with Crippen LogP contribution >= 0.6 is 0 Å². The van der Waals surface area contributed by atoms with E-state index in [1.807, 2.05) is 6.08 Å². The molecule has 0 spiro atoms. The molecule has 0 amide bonds. The van der Waals surface area contributed by atoms with Crippen molar-refractivity contribution in [2.24, 2.45) is 0 Å². The number of hydrogen-bond acceptors (Lipinski definition) is 4. The summed E-state index contributed by atoms with van der Waals surface area (Å²) in [5, 5.41) is 0.881. The van der Waals surface area contributed by atoms with Crippen molar-refractivity contribution >= 4 is 27.7 Å². The molecule has 0 radical (unpaired) electrons. The molecular formula is C28H44O4SeSi. The average molecular weight is 552 g/mol. The van der Waals surface area contributed by atoms with Gasteiger partial charge in [0, 0.05) is 0 Å². The number of benzene rings is 1. The van der Waals surface area contributed by atoms with Crippen LogP contribution in [-0.4, -0.2) is 60.6 Å². The van der Waals surface area contributed by atoms with E-state index in [0.29, 0.717) is 38.2 Å². The van der Waals surface area contributed by atoms with Gasteiger partial charge >= 0.3 is 215 Å². The van der Waals surface area contributed by atoms with Crippen molar-refractivity contribution in [2.45, 2.75) is 107 Å².